The Bertz CT molecular complexity index is 1040. The zero-order chi connectivity index (χ0) is 31.7. The van der Waals surface area contributed by atoms with E-state index in [1.807, 2.05) is 0 Å². The maximum atomic E-state index is 12.5. The summed E-state index contributed by atoms with van der Waals surface area (Å²) in [4.78, 5) is 47.8. The van der Waals surface area contributed by atoms with Gasteiger partial charge in [-0.3, -0.25) is 19.2 Å². The first kappa shape index (κ1) is 33.8. The molecule has 8 heteroatoms. The summed E-state index contributed by atoms with van der Waals surface area (Å²) in [5.41, 5.74) is 0.0681. The molecule has 4 fully saturated rings. The van der Waals surface area contributed by atoms with E-state index < -0.39 is 0 Å². The van der Waals surface area contributed by atoms with Crippen LogP contribution in [-0.4, -0.2) is 48.8 Å². The Morgan fingerprint density at radius 2 is 1.35 bits per heavy atom. The van der Waals surface area contributed by atoms with Gasteiger partial charge in [-0.2, -0.15) is 0 Å². The highest BCUT2D eigenvalue weighted by Gasteiger charge is 2.66. The van der Waals surface area contributed by atoms with Crippen LogP contribution in [0.3, 0.4) is 0 Å². The predicted octanol–water partition coefficient (Wildman–Crippen LogP) is 6.67. The molecule has 0 heterocycles. The van der Waals surface area contributed by atoms with Crippen LogP contribution in [0.1, 0.15) is 120 Å². The fourth-order valence-electron chi connectivity index (χ4n) is 10.5. The van der Waals surface area contributed by atoms with E-state index in [1.165, 1.54) is 27.7 Å². The third-order valence-electron chi connectivity index (χ3n) is 12.2. The average molecular weight is 605 g/mol. The highest BCUT2D eigenvalue weighted by atomic mass is 16.6. The van der Waals surface area contributed by atoms with Crippen molar-refractivity contribution >= 4 is 23.9 Å². The maximum absolute atomic E-state index is 12.5. The summed E-state index contributed by atoms with van der Waals surface area (Å²) in [6.45, 7) is 15.7. The Balaban J connectivity index is 1.57. The van der Waals surface area contributed by atoms with E-state index in [1.54, 1.807) is 0 Å². The van der Waals surface area contributed by atoms with Gasteiger partial charge in [0, 0.05) is 39.5 Å². The van der Waals surface area contributed by atoms with Crippen LogP contribution in [0.4, 0.5) is 0 Å². The first-order valence-corrected chi connectivity index (χ1v) is 16.8. The lowest BCUT2D eigenvalue weighted by atomic mass is 9.43. The van der Waals surface area contributed by atoms with Gasteiger partial charge in [-0.1, -0.05) is 40.5 Å². The molecule has 0 aromatic rings. The van der Waals surface area contributed by atoms with Gasteiger partial charge in [-0.05, 0) is 91.8 Å². The molecule has 0 aliphatic heterocycles. The van der Waals surface area contributed by atoms with Crippen LogP contribution in [-0.2, 0) is 38.1 Å². The van der Waals surface area contributed by atoms with Gasteiger partial charge in [0.1, 0.15) is 18.3 Å². The third kappa shape index (κ3) is 7.24. The summed E-state index contributed by atoms with van der Waals surface area (Å²) < 4.78 is 23.2. The lowest BCUT2D eigenvalue weighted by Crippen LogP contribution is -2.59. The number of carbonyl (C=O) groups excluding carboxylic acids is 4. The molecule has 0 amide bonds. The number of ether oxygens (including phenoxy) is 4. The van der Waals surface area contributed by atoms with E-state index in [9.17, 15) is 19.2 Å². The Labute approximate surface area is 258 Å². The van der Waals surface area contributed by atoms with Crippen molar-refractivity contribution in [1.82, 2.24) is 0 Å². The van der Waals surface area contributed by atoms with Gasteiger partial charge in [0.2, 0.25) is 0 Å². The van der Waals surface area contributed by atoms with Crippen molar-refractivity contribution in [1.29, 1.82) is 0 Å². The van der Waals surface area contributed by atoms with Gasteiger partial charge in [0.15, 0.2) is 0 Å². The van der Waals surface area contributed by atoms with Crippen LogP contribution >= 0.6 is 0 Å². The molecule has 4 aliphatic carbocycles. The van der Waals surface area contributed by atoms with Gasteiger partial charge >= 0.3 is 23.9 Å². The largest absolute Gasteiger partial charge is 0.466 e. The maximum Gasteiger partial charge on any atom is 0.302 e. The Hall–Kier alpha value is -2.12. The summed E-state index contributed by atoms with van der Waals surface area (Å²) in [5, 5.41) is 0. The second-order valence-electron chi connectivity index (χ2n) is 15.2. The van der Waals surface area contributed by atoms with Crippen LogP contribution in [0.15, 0.2) is 0 Å². The summed E-state index contributed by atoms with van der Waals surface area (Å²) in [6.07, 6.45) is 9.07. The van der Waals surface area contributed by atoms with Gasteiger partial charge < -0.3 is 18.9 Å². The molecule has 8 nitrogen and oxygen atoms in total. The molecule has 0 bridgehead atoms. The number of carbonyl (C=O) groups is 4. The van der Waals surface area contributed by atoms with E-state index in [0.717, 1.165) is 64.2 Å². The molecular weight excluding hydrogens is 548 g/mol. The highest BCUT2D eigenvalue weighted by molar-refractivity contribution is 5.67. The van der Waals surface area contributed by atoms with Crippen LogP contribution in [0, 0.1) is 52.3 Å². The van der Waals surface area contributed by atoms with Gasteiger partial charge in [-0.25, -0.2) is 0 Å². The number of fused-ring (bicyclic) bond motifs is 5. The SMILES string of the molecule is CC(=O)OCC(C)CCCC(C)[C@H]1C(OC(C)=O)C[C@H]2[C@@H]3C(OC(C)=O)C[C@H]4CC(OC(C)=O)CCC4(C)[C@H]3CCC12C. The fraction of sp³-hybridized carbons (Fsp3) is 0.886. The second-order valence-corrected chi connectivity index (χ2v) is 15.2. The molecule has 0 aromatic heterocycles. The summed E-state index contributed by atoms with van der Waals surface area (Å²) in [7, 11) is 0. The minimum absolute atomic E-state index is 0.0272. The van der Waals surface area contributed by atoms with Crippen molar-refractivity contribution in [3.8, 4) is 0 Å². The minimum Gasteiger partial charge on any atom is -0.466 e. The first-order valence-electron chi connectivity index (χ1n) is 16.8. The van der Waals surface area contributed by atoms with Gasteiger partial charge in [-0.15, -0.1) is 0 Å². The number of esters is 4. The van der Waals surface area contributed by atoms with Crippen molar-refractivity contribution < 1.29 is 38.1 Å². The third-order valence-corrected chi connectivity index (χ3v) is 12.2. The number of rotatable bonds is 10. The van der Waals surface area contributed by atoms with Crippen molar-refractivity contribution in [2.45, 2.75) is 138 Å². The van der Waals surface area contributed by atoms with Crippen molar-refractivity contribution in [3.63, 3.8) is 0 Å². The molecule has 0 radical (unpaired) electrons. The lowest BCUT2D eigenvalue weighted by molar-refractivity contribution is -0.197. The van der Waals surface area contributed by atoms with Crippen molar-refractivity contribution in [3.05, 3.63) is 0 Å². The molecule has 4 rings (SSSR count). The first-order chi connectivity index (χ1) is 20.2. The molecule has 0 spiro atoms. The second kappa shape index (κ2) is 13.5. The number of hydrogen-bond acceptors (Lipinski definition) is 8. The molecular formula is C35H56O8. The van der Waals surface area contributed by atoms with E-state index >= 15 is 0 Å². The molecule has 244 valence electrons. The topological polar surface area (TPSA) is 105 Å². The smallest absolute Gasteiger partial charge is 0.302 e. The zero-order valence-electron chi connectivity index (χ0n) is 27.8. The monoisotopic (exact) mass is 604 g/mol. The average Bonchev–Trinajstić information content (AvgIpc) is 3.18. The van der Waals surface area contributed by atoms with Gasteiger partial charge in [0.25, 0.3) is 0 Å². The van der Waals surface area contributed by atoms with Gasteiger partial charge in [0.05, 0.1) is 6.61 Å². The molecule has 0 N–H and O–H groups in total. The lowest BCUT2D eigenvalue weighted by Gasteiger charge is -2.62. The molecule has 0 saturated heterocycles. The van der Waals surface area contributed by atoms with Crippen LogP contribution in [0.5, 0.6) is 0 Å². The molecule has 4 aliphatic rings. The Kier molecular flexibility index (Phi) is 10.6. The summed E-state index contributed by atoms with van der Waals surface area (Å²) >= 11 is 0. The van der Waals surface area contributed by atoms with Crippen molar-refractivity contribution in [2.75, 3.05) is 6.61 Å². The highest BCUT2D eigenvalue weighted by Crippen LogP contribution is 2.69. The zero-order valence-corrected chi connectivity index (χ0v) is 27.8. The summed E-state index contributed by atoms with van der Waals surface area (Å²) in [5.74, 6) is 1.19. The van der Waals surface area contributed by atoms with E-state index in [4.69, 9.17) is 18.9 Å². The number of hydrogen-bond donors (Lipinski definition) is 0. The molecule has 0 aromatic carbocycles. The van der Waals surface area contributed by atoms with Crippen molar-refractivity contribution in [2.24, 2.45) is 52.3 Å². The van der Waals surface area contributed by atoms with E-state index in [0.29, 0.717) is 36.2 Å². The van der Waals surface area contributed by atoms with E-state index in [2.05, 4.69) is 27.7 Å². The quantitative estimate of drug-likeness (QED) is 0.201. The van der Waals surface area contributed by atoms with Crippen LogP contribution in [0.2, 0.25) is 0 Å². The minimum atomic E-state index is -0.241. The van der Waals surface area contributed by atoms with Crippen LogP contribution in [0.25, 0.3) is 0 Å². The Morgan fingerprint density at radius 1 is 0.721 bits per heavy atom. The predicted molar refractivity (Wildman–Crippen MR) is 161 cm³/mol. The fourth-order valence-corrected chi connectivity index (χ4v) is 10.5. The Morgan fingerprint density at radius 3 is 1.98 bits per heavy atom. The standard InChI is InChI=1S/C35H56O8/c1-20(19-40-22(3)36)10-9-11-21(2)33-31(43-25(6)39)18-29-32-28(13-15-35(29,33)8)34(7)14-12-27(41-23(4)37)16-26(34)17-30(32)42-24(5)38/h20-21,26-33H,9-19H2,1-8H3/t20?,21?,26-,27?,28+,29+,30?,31?,32-,33+,34?,35?/m1/s1. The normalized spacial score (nSPS) is 39.7. The molecule has 7 unspecified atom stereocenters. The van der Waals surface area contributed by atoms with Crippen LogP contribution < -0.4 is 0 Å². The molecule has 12 atom stereocenters. The molecule has 43 heavy (non-hydrogen) atoms. The molecule has 4 saturated carbocycles. The van der Waals surface area contributed by atoms with E-state index in [-0.39, 0.29) is 64.9 Å². The summed E-state index contributed by atoms with van der Waals surface area (Å²) in [6, 6.07) is 0.